The number of nitro benzene ring substituents is 2. The molecule has 0 N–H and O–H groups in total. The number of rotatable bonds is 5. The Morgan fingerprint density at radius 2 is 1.50 bits per heavy atom. The molecule has 28 heavy (non-hydrogen) atoms. The number of halogens is 1. The molecule has 0 aliphatic carbocycles. The largest absolute Gasteiger partial charge is 0.336 e. The lowest BCUT2D eigenvalue weighted by atomic mass is 10.1. The summed E-state index contributed by atoms with van der Waals surface area (Å²) in [6, 6.07) is 11.9. The molecule has 0 unspecified atom stereocenters. The monoisotopic (exact) mass is 404 g/mol. The van der Waals surface area contributed by atoms with E-state index < -0.39 is 32.2 Å². The van der Waals surface area contributed by atoms with Crippen LogP contribution in [0.2, 0.25) is 5.02 Å². The van der Waals surface area contributed by atoms with Crippen LogP contribution in [0, 0.1) is 20.2 Å². The first-order valence-electron chi connectivity index (χ1n) is 8.54. The van der Waals surface area contributed by atoms with Crippen LogP contribution in [0.5, 0.6) is 0 Å². The van der Waals surface area contributed by atoms with Crippen LogP contribution in [0.25, 0.3) is 0 Å². The molecule has 0 spiro atoms. The normalized spacial score (nSPS) is 14.7. The zero-order valence-electron chi connectivity index (χ0n) is 14.8. The van der Waals surface area contributed by atoms with Crippen molar-refractivity contribution in [1.29, 1.82) is 0 Å². The predicted octanol–water partition coefficient (Wildman–Crippen LogP) is 3.11. The average molecular weight is 405 g/mol. The van der Waals surface area contributed by atoms with E-state index >= 15 is 0 Å². The van der Waals surface area contributed by atoms with E-state index in [4.69, 9.17) is 11.6 Å². The van der Waals surface area contributed by atoms with Crippen molar-refractivity contribution in [2.45, 2.75) is 6.54 Å². The molecule has 1 heterocycles. The van der Waals surface area contributed by atoms with Crippen LogP contribution < -0.4 is 0 Å². The van der Waals surface area contributed by atoms with Gasteiger partial charge in [-0.3, -0.25) is 29.9 Å². The minimum absolute atomic E-state index is 0.112. The van der Waals surface area contributed by atoms with Gasteiger partial charge in [0.05, 0.1) is 15.4 Å². The number of hydrogen-bond acceptors (Lipinski definition) is 6. The Balaban J connectivity index is 1.73. The molecular formula is C18H17ClN4O5. The Kier molecular flexibility index (Phi) is 5.86. The molecule has 9 nitrogen and oxygen atoms in total. The lowest BCUT2D eigenvalue weighted by Crippen LogP contribution is -2.48. The van der Waals surface area contributed by atoms with Crippen molar-refractivity contribution >= 4 is 28.9 Å². The number of hydrogen-bond donors (Lipinski definition) is 0. The summed E-state index contributed by atoms with van der Waals surface area (Å²) < 4.78 is 0. The number of carbonyl (C=O) groups excluding carboxylic acids is 1. The third-order valence-electron chi connectivity index (χ3n) is 4.58. The number of benzene rings is 2. The first-order chi connectivity index (χ1) is 13.4. The van der Waals surface area contributed by atoms with Gasteiger partial charge in [-0.25, -0.2) is 0 Å². The molecule has 0 radical (unpaired) electrons. The van der Waals surface area contributed by atoms with Gasteiger partial charge < -0.3 is 4.90 Å². The third-order valence-corrected chi connectivity index (χ3v) is 4.97. The number of amides is 1. The van der Waals surface area contributed by atoms with Gasteiger partial charge in [0.1, 0.15) is 0 Å². The van der Waals surface area contributed by atoms with Crippen LogP contribution in [0.3, 0.4) is 0 Å². The summed E-state index contributed by atoms with van der Waals surface area (Å²) in [6.07, 6.45) is 0. The quantitative estimate of drug-likeness (QED) is 0.559. The van der Waals surface area contributed by atoms with Gasteiger partial charge >= 0.3 is 0 Å². The second-order valence-corrected chi connectivity index (χ2v) is 6.77. The Morgan fingerprint density at radius 1 is 0.964 bits per heavy atom. The van der Waals surface area contributed by atoms with Crippen LogP contribution in [-0.4, -0.2) is 51.7 Å². The molecule has 1 fully saturated rings. The van der Waals surface area contributed by atoms with Gasteiger partial charge in [0.25, 0.3) is 17.3 Å². The molecule has 0 atom stereocenters. The zero-order chi connectivity index (χ0) is 20.3. The lowest BCUT2D eigenvalue weighted by Gasteiger charge is -2.34. The fourth-order valence-corrected chi connectivity index (χ4v) is 3.36. The van der Waals surface area contributed by atoms with Gasteiger partial charge in [0.2, 0.25) is 0 Å². The Labute approximate surface area is 165 Å². The van der Waals surface area contributed by atoms with Crippen molar-refractivity contribution in [1.82, 2.24) is 9.80 Å². The lowest BCUT2D eigenvalue weighted by molar-refractivity contribution is -0.393. The summed E-state index contributed by atoms with van der Waals surface area (Å²) in [5.74, 6) is -0.484. The fraction of sp³-hybridized carbons (Fsp3) is 0.278. The minimum atomic E-state index is -0.829. The highest BCUT2D eigenvalue weighted by atomic mass is 35.5. The standard InChI is InChI=1S/C18H17ClN4O5/c19-17-15(22(25)26)10-14(11-16(17)23(27)28)18(24)21-8-6-20(7-9-21)12-13-4-2-1-3-5-13/h1-5,10-11H,6-9,12H2. The van der Waals surface area contributed by atoms with E-state index in [9.17, 15) is 25.0 Å². The van der Waals surface area contributed by atoms with Gasteiger partial charge in [0.15, 0.2) is 5.02 Å². The molecule has 0 saturated carbocycles. The SMILES string of the molecule is O=C(c1cc([N+](=O)[O-])c(Cl)c([N+](=O)[O-])c1)N1CCN(Cc2ccccc2)CC1. The Bertz CT molecular complexity index is 878. The highest BCUT2D eigenvalue weighted by Gasteiger charge is 2.30. The van der Waals surface area contributed by atoms with E-state index in [0.29, 0.717) is 26.2 Å². The molecule has 1 amide bonds. The van der Waals surface area contributed by atoms with Gasteiger partial charge in [-0.05, 0) is 5.56 Å². The van der Waals surface area contributed by atoms with Crippen LogP contribution in [-0.2, 0) is 6.54 Å². The maximum absolute atomic E-state index is 12.7. The topological polar surface area (TPSA) is 110 Å². The molecule has 10 heteroatoms. The number of nitrogens with zero attached hydrogens (tertiary/aromatic N) is 4. The number of carbonyl (C=O) groups is 1. The van der Waals surface area contributed by atoms with Crippen LogP contribution in [0.4, 0.5) is 11.4 Å². The van der Waals surface area contributed by atoms with E-state index in [1.54, 1.807) is 0 Å². The minimum Gasteiger partial charge on any atom is -0.336 e. The average Bonchev–Trinajstić information content (AvgIpc) is 2.68. The maximum atomic E-state index is 12.7. The predicted molar refractivity (Wildman–Crippen MR) is 102 cm³/mol. The molecule has 1 aliphatic rings. The van der Waals surface area contributed by atoms with Crippen molar-refractivity contribution in [3.8, 4) is 0 Å². The van der Waals surface area contributed by atoms with Gasteiger partial charge in [0, 0.05) is 44.9 Å². The second kappa shape index (κ2) is 8.32. The van der Waals surface area contributed by atoms with Crippen molar-refractivity contribution < 1.29 is 14.6 Å². The summed E-state index contributed by atoms with van der Waals surface area (Å²) in [5.41, 5.74) is -0.241. The summed E-state index contributed by atoms with van der Waals surface area (Å²) in [7, 11) is 0. The molecule has 2 aromatic carbocycles. The number of piperazine rings is 1. The maximum Gasteiger partial charge on any atom is 0.295 e. The molecule has 1 aliphatic heterocycles. The number of nitro groups is 2. The first kappa shape index (κ1) is 19.7. The molecule has 1 saturated heterocycles. The van der Waals surface area contributed by atoms with E-state index in [2.05, 4.69) is 4.90 Å². The van der Waals surface area contributed by atoms with Crippen LogP contribution >= 0.6 is 11.6 Å². The van der Waals surface area contributed by atoms with Gasteiger partial charge in [-0.1, -0.05) is 41.9 Å². The van der Waals surface area contributed by atoms with E-state index in [1.165, 1.54) is 10.5 Å². The second-order valence-electron chi connectivity index (χ2n) is 6.40. The molecular weight excluding hydrogens is 388 g/mol. The Hall–Kier alpha value is -3.04. The fourth-order valence-electron chi connectivity index (χ4n) is 3.12. The van der Waals surface area contributed by atoms with E-state index in [-0.39, 0.29) is 5.56 Å². The molecule has 2 aromatic rings. The zero-order valence-corrected chi connectivity index (χ0v) is 15.5. The van der Waals surface area contributed by atoms with Gasteiger partial charge in [-0.15, -0.1) is 0 Å². The summed E-state index contributed by atoms with van der Waals surface area (Å²) in [5, 5.41) is 21.7. The first-order valence-corrected chi connectivity index (χ1v) is 8.92. The van der Waals surface area contributed by atoms with Gasteiger partial charge in [-0.2, -0.15) is 0 Å². The van der Waals surface area contributed by atoms with Crippen LogP contribution in [0.15, 0.2) is 42.5 Å². The summed E-state index contributed by atoms with van der Waals surface area (Å²) in [6.45, 7) is 2.89. The smallest absolute Gasteiger partial charge is 0.295 e. The molecule has 146 valence electrons. The van der Waals surface area contributed by atoms with Crippen molar-refractivity contribution in [3.63, 3.8) is 0 Å². The molecule has 0 aromatic heterocycles. The van der Waals surface area contributed by atoms with Crippen molar-refractivity contribution in [2.24, 2.45) is 0 Å². The molecule has 3 rings (SSSR count). The van der Waals surface area contributed by atoms with Crippen molar-refractivity contribution in [2.75, 3.05) is 26.2 Å². The van der Waals surface area contributed by atoms with Crippen molar-refractivity contribution in [3.05, 3.63) is 78.8 Å². The highest BCUT2D eigenvalue weighted by molar-refractivity contribution is 6.35. The van der Waals surface area contributed by atoms with Crippen LogP contribution in [0.1, 0.15) is 15.9 Å². The van der Waals surface area contributed by atoms with E-state index in [1.807, 2.05) is 30.3 Å². The third kappa shape index (κ3) is 4.26. The Morgan fingerprint density at radius 3 is 2.00 bits per heavy atom. The summed E-state index contributed by atoms with van der Waals surface area (Å²) >= 11 is 5.74. The molecule has 0 bridgehead atoms. The highest BCUT2D eigenvalue weighted by Crippen LogP contribution is 2.35. The summed E-state index contributed by atoms with van der Waals surface area (Å²) in [4.78, 5) is 37.1. The van der Waals surface area contributed by atoms with E-state index in [0.717, 1.165) is 18.7 Å².